The lowest BCUT2D eigenvalue weighted by molar-refractivity contribution is 0.568. The second kappa shape index (κ2) is 9.71. The Bertz CT molecular complexity index is 1220. The van der Waals surface area contributed by atoms with Crippen LogP contribution in [0.4, 0.5) is 4.39 Å². The van der Waals surface area contributed by atoms with Crippen molar-refractivity contribution in [2.45, 2.75) is 47.4 Å². The second-order valence-corrected chi connectivity index (χ2v) is 10.7. The molecule has 1 N–H and O–H groups in total. The molecule has 7 nitrogen and oxygen atoms in total. The lowest BCUT2D eigenvalue weighted by Crippen LogP contribution is -2.26. The van der Waals surface area contributed by atoms with E-state index in [2.05, 4.69) is 9.71 Å². The minimum atomic E-state index is -3.99. The van der Waals surface area contributed by atoms with Gasteiger partial charge in [0, 0.05) is 25.5 Å². The number of hydrogen-bond acceptors (Lipinski definition) is 5. The second-order valence-electron chi connectivity index (χ2n) is 7.03. The van der Waals surface area contributed by atoms with Crippen molar-refractivity contribution in [2.24, 2.45) is 0 Å². The number of halogens is 1. The molecule has 0 saturated carbocycles. The Balaban J connectivity index is 1.87. The molecule has 10 heteroatoms. The third-order valence-electron chi connectivity index (χ3n) is 4.73. The van der Waals surface area contributed by atoms with Crippen LogP contribution >= 0.6 is 0 Å². The monoisotopic (exact) mass is 465 g/mol. The molecule has 0 aliphatic rings. The van der Waals surface area contributed by atoms with Gasteiger partial charge >= 0.3 is 0 Å². The molecule has 0 aliphatic carbocycles. The number of imidazole rings is 1. The van der Waals surface area contributed by atoms with E-state index in [4.69, 9.17) is 0 Å². The molecule has 2 aromatic carbocycles. The Labute approximate surface area is 181 Å². The smallest absolute Gasteiger partial charge is 0.240 e. The van der Waals surface area contributed by atoms with Crippen LogP contribution in [0.1, 0.15) is 25.3 Å². The van der Waals surface area contributed by atoms with Gasteiger partial charge < -0.3 is 4.57 Å². The zero-order valence-corrected chi connectivity index (χ0v) is 18.7. The van der Waals surface area contributed by atoms with Crippen molar-refractivity contribution in [3.05, 3.63) is 72.6 Å². The summed E-state index contributed by atoms with van der Waals surface area (Å²) in [5.74, 6) is -0.555. The van der Waals surface area contributed by atoms with Crippen LogP contribution in [0, 0.1) is 5.82 Å². The zero-order valence-electron chi connectivity index (χ0n) is 17.0. The van der Waals surface area contributed by atoms with Gasteiger partial charge in [0.1, 0.15) is 5.82 Å². The van der Waals surface area contributed by atoms with Crippen LogP contribution in [0.3, 0.4) is 0 Å². The Morgan fingerprint density at radius 1 is 1.03 bits per heavy atom. The molecule has 1 aromatic heterocycles. The highest BCUT2D eigenvalue weighted by Crippen LogP contribution is 2.26. The van der Waals surface area contributed by atoms with E-state index in [1.807, 2.05) is 11.5 Å². The van der Waals surface area contributed by atoms with E-state index in [0.29, 0.717) is 31.4 Å². The lowest BCUT2D eigenvalue weighted by atomic mass is 10.1. The van der Waals surface area contributed by atoms with Crippen LogP contribution in [0.15, 0.2) is 75.9 Å². The molecule has 0 bridgehead atoms. The van der Waals surface area contributed by atoms with Gasteiger partial charge in [-0.2, -0.15) is 0 Å². The number of hydrogen-bond donors (Lipinski definition) is 1. The van der Waals surface area contributed by atoms with Crippen molar-refractivity contribution < 1.29 is 21.2 Å². The SMILES string of the molecule is CCCc1ccc(S(=O)(=O)c2ccc(F)cc2)cc1S(=O)(=O)NCCCn1ccnc1. The predicted molar refractivity (Wildman–Crippen MR) is 114 cm³/mol. The average molecular weight is 466 g/mol. The molecule has 0 saturated heterocycles. The van der Waals surface area contributed by atoms with E-state index >= 15 is 0 Å². The number of sulfone groups is 1. The summed E-state index contributed by atoms with van der Waals surface area (Å²) < 4.78 is 69.4. The van der Waals surface area contributed by atoms with E-state index in [0.717, 1.165) is 24.3 Å². The van der Waals surface area contributed by atoms with Crippen molar-refractivity contribution >= 4 is 19.9 Å². The van der Waals surface area contributed by atoms with Gasteiger partial charge in [-0.25, -0.2) is 30.9 Å². The summed E-state index contributed by atoms with van der Waals surface area (Å²) in [5, 5.41) is 0. The van der Waals surface area contributed by atoms with Crippen molar-refractivity contribution in [3.8, 4) is 0 Å². The molecular weight excluding hydrogens is 441 g/mol. The van der Waals surface area contributed by atoms with E-state index in [1.165, 1.54) is 18.2 Å². The Morgan fingerprint density at radius 3 is 2.39 bits per heavy atom. The normalized spacial score (nSPS) is 12.2. The maximum atomic E-state index is 13.2. The molecule has 3 aromatic rings. The van der Waals surface area contributed by atoms with Gasteiger partial charge in [-0.3, -0.25) is 0 Å². The minimum absolute atomic E-state index is 0.0554. The molecule has 0 aliphatic heterocycles. The topological polar surface area (TPSA) is 98.1 Å². The number of aromatic nitrogens is 2. The number of sulfonamides is 1. The van der Waals surface area contributed by atoms with E-state index < -0.39 is 25.7 Å². The fraction of sp³-hybridized carbons (Fsp3) is 0.286. The number of nitrogens with zero attached hydrogens (tertiary/aromatic N) is 2. The van der Waals surface area contributed by atoms with E-state index in [1.54, 1.807) is 18.7 Å². The summed E-state index contributed by atoms with van der Waals surface area (Å²) >= 11 is 0. The van der Waals surface area contributed by atoms with Gasteiger partial charge in [0.05, 0.1) is 21.0 Å². The number of rotatable bonds is 10. The highest BCUT2D eigenvalue weighted by atomic mass is 32.2. The first kappa shape index (κ1) is 23.1. The highest BCUT2D eigenvalue weighted by molar-refractivity contribution is 7.91. The first-order chi connectivity index (χ1) is 14.7. The highest BCUT2D eigenvalue weighted by Gasteiger charge is 2.24. The standard InChI is InChI=1S/C21H24FN3O4S2/c1-2-4-17-5-8-20(30(26,27)19-9-6-18(22)7-10-19)15-21(17)31(28,29)24-11-3-13-25-14-12-23-16-25/h5-10,12,14-16,24H,2-4,11,13H2,1H3. The average Bonchev–Trinajstić information content (AvgIpc) is 3.25. The summed E-state index contributed by atoms with van der Waals surface area (Å²) in [4.78, 5) is 3.63. The number of nitrogens with one attached hydrogen (secondary N) is 1. The first-order valence-corrected chi connectivity index (χ1v) is 12.8. The van der Waals surface area contributed by atoms with Crippen LogP contribution in [0.5, 0.6) is 0 Å². The first-order valence-electron chi connectivity index (χ1n) is 9.83. The minimum Gasteiger partial charge on any atom is -0.337 e. The molecule has 0 spiro atoms. The summed E-state index contributed by atoms with van der Waals surface area (Å²) in [6.45, 7) is 2.71. The molecule has 0 atom stereocenters. The summed E-state index contributed by atoms with van der Waals surface area (Å²) in [6, 6.07) is 8.53. The van der Waals surface area contributed by atoms with Gasteiger partial charge in [-0.05, 0) is 54.8 Å². The summed E-state index contributed by atoms with van der Waals surface area (Å²) in [7, 11) is -7.92. The summed E-state index contributed by atoms with van der Waals surface area (Å²) in [5.41, 5.74) is 0.544. The predicted octanol–water partition coefficient (Wildman–Crippen LogP) is 3.18. The molecule has 31 heavy (non-hydrogen) atoms. The quantitative estimate of drug-likeness (QED) is 0.366. The Morgan fingerprint density at radius 2 is 1.74 bits per heavy atom. The largest absolute Gasteiger partial charge is 0.337 e. The maximum Gasteiger partial charge on any atom is 0.240 e. The van der Waals surface area contributed by atoms with Crippen molar-refractivity contribution in [1.82, 2.24) is 14.3 Å². The van der Waals surface area contributed by atoms with Gasteiger partial charge in [0.2, 0.25) is 19.9 Å². The molecular formula is C21H24FN3O4S2. The Hall–Kier alpha value is -2.56. The van der Waals surface area contributed by atoms with Crippen LogP contribution in [0.25, 0.3) is 0 Å². The van der Waals surface area contributed by atoms with Crippen molar-refractivity contribution in [2.75, 3.05) is 6.54 Å². The molecule has 0 unspecified atom stereocenters. The van der Waals surface area contributed by atoms with Gasteiger partial charge in [0.25, 0.3) is 0 Å². The van der Waals surface area contributed by atoms with Gasteiger partial charge in [-0.1, -0.05) is 19.4 Å². The third-order valence-corrected chi connectivity index (χ3v) is 8.04. The lowest BCUT2D eigenvalue weighted by Gasteiger charge is -2.14. The van der Waals surface area contributed by atoms with E-state index in [9.17, 15) is 21.2 Å². The summed E-state index contributed by atoms with van der Waals surface area (Å²) in [6.07, 6.45) is 6.82. The molecule has 0 fully saturated rings. The fourth-order valence-electron chi connectivity index (χ4n) is 3.14. The van der Waals surface area contributed by atoms with Crippen LogP contribution in [-0.4, -0.2) is 32.9 Å². The number of benzene rings is 2. The van der Waals surface area contributed by atoms with E-state index in [-0.39, 0.29) is 21.2 Å². The Kier molecular flexibility index (Phi) is 7.24. The zero-order chi connectivity index (χ0) is 22.5. The van der Waals surface area contributed by atoms with Gasteiger partial charge in [0.15, 0.2) is 0 Å². The molecule has 0 radical (unpaired) electrons. The van der Waals surface area contributed by atoms with Crippen LogP contribution in [0.2, 0.25) is 0 Å². The maximum absolute atomic E-state index is 13.2. The fourth-order valence-corrected chi connectivity index (χ4v) is 5.87. The molecule has 166 valence electrons. The molecule has 3 rings (SSSR count). The molecule has 0 amide bonds. The van der Waals surface area contributed by atoms with Gasteiger partial charge in [-0.15, -0.1) is 0 Å². The molecule has 1 heterocycles. The van der Waals surface area contributed by atoms with Crippen LogP contribution in [-0.2, 0) is 32.8 Å². The van der Waals surface area contributed by atoms with Crippen molar-refractivity contribution in [3.63, 3.8) is 0 Å². The third kappa shape index (κ3) is 5.57. The number of aryl methyl sites for hydroxylation is 2. The van der Waals surface area contributed by atoms with Crippen molar-refractivity contribution in [1.29, 1.82) is 0 Å². The van der Waals surface area contributed by atoms with Crippen LogP contribution < -0.4 is 4.72 Å².